The zero-order chi connectivity index (χ0) is 12.5. The summed E-state index contributed by atoms with van der Waals surface area (Å²) in [6.45, 7) is 4.03. The molecule has 2 heterocycles. The number of nitrogens with zero attached hydrogens (tertiary/aromatic N) is 2. The molecule has 0 N–H and O–H groups in total. The maximum atomic E-state index is 9.09. The Hall–Kier alpha value is -1.53. The molecule has 0 spiro atoms. The largest absolute Gasteiger partial charge is 0.488 e. The van der Waals surface area contributed by atoms with Crippen LogP contribution in [-0.2, 0) is 6.42 Å². The van der Waals surface area contributed by atoms with E-state index in [0.29, 0.717) is 0 Å². The molecule has 0 radical (unpaired) electrons. The second-order valence-electron chi connectivity index (χ2n) is 5.34. The number of hydrogen-bond acceptors (Lipinski definition) is 3. The fourth-order valence-corrected chi connectivity index (χ4v) is 3.00. The number of nitriles is 1. The first-order valence-electron chi connectivity index (χ1n) is 6.66. The van der Waals surface area contributed by atoms with Crippen molar-refractivity contribution in [2.45, 2.75) is 38.3 Å². The average molecular weight is 242 g/mol. The van der Waals surface area contributed by atoms with Gasteiger partial charge in [-0.1, -0.05) is 17.7 Å². The molecule has 94 valence electrons. The summed E-state index contributed by atoms with van der Waals surface area (Å²) in [5.74, 6) is 1.03. The highest BCUT2D eigenvalue weighted by molar-refractivity contribution is 5.40. The lowest BCUT2D eigenvalue weighted by Crippen LogP contribution is -2.37. The Labute approximate surface area is 108 Å². The molecular weight excluding hydrogens is 224 g/mol. The summed E-state index contributed by atoms with van der Waals surface area (Å²) in [7, 11) is 0. The minimum atomic E-state index is 0.0963. The highest BCUT2D eigenvalue weighted by atomic mass is 16.5. The lowest BCUT2D eigenvalue weighted by Gasteiger charge is -2.22. The van der Waals surface area contributed by atoms with E-state index in [1.807, 2.05) is 0 Å². The Morgan fingerprint density at radius 1 is 1.50 bits per heavy atom. The molecule has 3 rings (SSSR count). The SMILES string of the molecule is Cc1ccc2c(c1)CC(CN1CCCC1C#N)O2. The van der Waals surface area contributed by atoms with Gasteiger partial charge in [0.05, 0.1) is 12.1 Å². The van der Waals surface area contributed by atoms with Crippen molar-refractivity contribution in [1.82, 2.24) is 4.90 Å². The first-order valence-corrected chi connectivity index (χ1v) is 6.66. The van der Waals surface area contributed by atoms with Crippen molar-refractivity contribution >= 4 is 0 Å². The van der Waals surface area contributed by atoms with E-state index < -0.39 is 0 Å². The third-order valence-corrected chi connectivity index (χ3v) is 3.91. The van der Waals surface area contributed by atoms with Crippen molar-refractivity contribution in [2.75, 3.05) is 13.1 Å². The van der Waals surface area contributed by atoms with Crippen LogP contribution in [0.3, 0.4) is 0 Å². The van der Waals surface area contributed by atoms with Crippen molar-refractivity contribution in [3.8, 4) is 11.8 Å². The van der Waals surface area contributed by atoms with Crippen LogP contribution in [0.2, 0.25) is 0 Å². The van der Waals surface area contributed by atoms with Crippen LogP contribution in [0.15, 0.2) is 18.2 Å². The van der Waals surface area contributed by atoms with Gasteiger partial charge in [-0.25, -0.2) is 0 Å². The van der Waals surface area contributed by atoms with Gasteiger partial charge >= 0.3 is 0 Å². The zero-order valence-corrected chi connectivity index (χ0v) is 10.7. The van der Waals surface area contributed by atoms with E-state index in [-0.39, 0.29) is 12.1 Å². The van der Waals surface area contributed by atoms with Gasteiger partial charge in [-0.15, -0.1) is 0 Å². The van der Waals surface area contributed by atoms with Crippen LogP contribution in [0.4, 0.5) is 0 Å². The smallest absolute Gasteiger partial charge is 0.123 e. The van der Waals surface area contributed by atoms with Gasteiger partial charge in [0.1, 0.15) is 11.9 Å². The summed E-state index contributed by atoms with van der Waals surface area (Å²) in [4.78, 5) is 2.27. The van der Waals surface area contributed by atoms with Gasteiger partial charge in [-0.3, -0.25) is 4.90 Å². The summed E-state index contributed by atoms with van der Waals surface area (Å²) in [6.07, 6.45) is 3.34. The molecule has 2 unspecified atom stereocenters. The van der Waals surface area contributed by atoms with E-state index >= 15 is 0 Å². The summed E-state index contributed by atoms with van der Waals surface area (Å²) in [5, 5.41) is 9.09. The molecule has 2 aliphatic rings. The minimum Gasteiger partial charge on any atom is -0.488 e. The molecule has 2 aliphatic heterocycles. The maximum absolute atomic E-state index is 9.09. The van der Waals surface area contributed by atoms with E-state index in [0.717, 1.165) is 38.1 Å². The quantitative estimate of drug-likeness (QED) is 0.798. The molecule has 18 heavy (non-hydrogen) atoms. The summed E-state index contributed by atoms with van der Waals surface area (Å²) in [5.41, 5.74) is 2.60. The van der Waals surface area contributed by atoms with Gasteiger partial charge in [-0.2, -0.15) is 5.26 Å². The first-order chi connectivity index (χ1) is 8.76. The third-order valence-electron chi connectivity index (χ3n) is 3.91. The lowest BCUT2D eigenvalue weighted by atomic mass is 10.1. The lowest BCUT2D eigenvalue weighted by molar-refractivity contribution is 0.155. The minimum absolute atomic E-state index is 0.0963. The van der Waals surface area contributed by atoms with E-state index in [1.54, 1.807) is 0 Å². The fraction of sp³-hybridized carbons (Fsp3) is 0.533. The Morgan fingerprint density at radius 2 is 2.39 bits per heavy atom. The molecule has 1 fully saturated rings. The Kier molecular flexibility index (Phi) is 2.97. The summed E-state index contributed by atoms with van der Waals surface area (Å²) < 4.78 is 5.97. The molecule has 3 nitrogen and oxygen atoms in total. The Morgan fingerprint density at radius 3 is 3.22 bits per heavy atom. The molecular formula is C15H18N2O. The number of benzene rings is 1. The Balaban J connectivity index is 1.66. The van der Waals surface area contributed by atoms with Gasteiger partial charge in [-0.05, 0) is 37.9 Å². The number of rotatable bonds is 2. The highest BCUT2D eigenvalue weighted by Gasteiger charge is 2.30. The number of likely N-dealkylation sites (tertiary alicyclic amines) is 1. The molecule has 1 aromatic carbocycles. The normalized spacial score (nSPS) is 26.7. The van der Waals surface area contributed by atoms with E-state index in [2.05, 4.69) is 36.1 Å². The van der Waals surface area contributed by atoms with Gasteiger partial charge in [0, 0.05) is 13.0 Å². The van der Waals surface area contributed by atoms with E-state index in [1.165, 1.54) is 11.1 Å². The van der Waals surface area contributed by atoms with Crippen LogP contribution >= 0.6 is 0 Å². The van der Waals surface area contributed by atoms with Gasteiger partial charge in [0.25, 0.3) is 0 Å². The van der Waals surface area contributed by atoms with Gasteiger partial charge in [0.15, 0.2) is 0 Å². The van der Waals surface area contributed by atoms with Crippen LogP contribution in [0.5, 0.6) is 5.75 Å². The number of aryl methyl sites for hydroxylation is 1. The topological polar surface area (TPSA) is 36.3 Å². The molecule has 0 saturated carbocycles. The van der Waals surface area contributed by atoms with Crippen molar-refractivity contribution in [1.29, 1.82) is 5.26 Å². The van der Waals surface area contributed by atoms with E-state index in [4.69, 9.17) is 10.00 Å². The molecule has 3 heteroatoms. The first kappa shape index (κ1) is 11.6. The van der Waals surface area contributed by atoms with Gasteiger partial charge < -0.3 is 4.74 Å². The molecule has 2 atom stereocenters. The second kappa shape index (κ2) is 4.62. The summed E-state index contributed by atoms with van der Waals surface area (Å²) >= 11 is 0. The molecule has 0 aromatic heterocycles. The third kappa shape index (κ3) is 2.09. The van der Waals surface area contributed by atoms with Crippen molar-refractivity contribution in [2.24, 2.45) is 0 Å². The van der Waals surface area contributed by atoms with Crippen LogP contribution in [0, 0.1) is 18.3 Å². The predicted molar refractivity (Wildman–Crippen MR) is 69.5 cm³/mol. The monoisotopic (exact) mass is 242 g/mol. The molecule has 1 saturated heterocycles. The zero-order valence-electron chi connectivity index (χ0n) is 10.7. The Bertz CT molecular complexity index is 492. The van der Waals surface area contributed by atoms with Crippen LogP contribution in [0.1, 0.15) is 24.0 Å². The van der Waals surface area contributed by atoms with Crippen LogP contribution < -0.4 is 4.74 Å². The molecule has 0 amide bonds. The average Bonchev–Trinajstić information content (AvgIpc) is 2.94. The molecule has 1 aromatic rings. The molecule has 0 bridgehead atoms. The van der Waals surface area contributed by atoms with Crippen molar-refractivity contribution in [3.63, 3.8) is 0 Å². The standard InChI is InChI=1S/C15H18N2O/c1-11-4-5-15-12(7-11)8-14(18-15)10-17-6-2-3-13(17)9-16/h4-5,7,13-14H,2-3,6,8,10H2,1H3. The van der Waals surface area contributed by atoms with E-state index in [9.17, 15) is 0 Å². The maximum Gasteiger partial charge on any atom is 0.123 e. The predicted octanol–water partition coefficient (Wildman–Crippen LogP) is 2.29. The van der Waals surface area contributed by atoms with Crippen LogP contribution in [-0.4, -0.2) is 30.1 Å². The molecule has 0 aliphatic carbocycles. The number of hydrogen-bond donors (Lipinski definition) is 0. The number of fused-ring (bicyclic) bond motifs is 1. The number of ether oxygens (including phenoxy) is 1. The van der Waals surface area contributed by atoms with Crippen molar-refractivity contribution < 1.29 is 4.74 Å². The summed E-state index contributed by atoms with van der Waals surface area (Å²) in [6, 6.07) is 8.85. The van der Waals surface area contributed by atoms with Gasteiger partial charge in [0.2, 0.25) is 0 Å². The fourth-order valence-electron chi connectivity index (χ4n) is 3.00. The second-order valence-corrected chi connectivity index (χ2v) is 5.34. The highest BCUT2D eigenvalue weighted by Crippen LogP contribution is 2.30. The van der Waals surface area contributed by atoms with Crippen LogP contribution in [0.25, 0.3) is 0 Å². The van der Waals surface area contributed by atoms with Crippen molar-refractivity contribution in [3.05, 3.63) is 29.3 Å².